The number of nitrogens with zero attached hydrogens (tertiary/aromatic N) is 2. The number of hydrogen-bond donors (Lipinski definition) is 0. The van der Waals surface area contributed by atoms with E-state index in [1.807, 2.05) is 41.2 Å². The Hall–Kier alpha value is -1.59. The molecule has 5 heteroatoms. The van der Waals surface area contributed by atoms with Crippen molar-refractivity contribution in [3.05, 3.63) is 42.7 Å². The van der Waals surface area contributed by atoms with Crippen molar-refractivity contribution in [1.29, 1.82) is 0 Å². The van der Waals surface area contributed by atoms with Gasteiger partial charge in [-0.2, -0.15) is 5.10 Å². The molecule has 0 unspecified atom stereocenters. The summed E-state index contributed by atoms with van der Waals surface area (Å²) in [5.74, 6) is 0. The standard InChI is InChI=1S/C15H19BN2O2/c1-14(2)15(3,4)20-16(19-14)12-10-17-18(11-12)13-8-6-5-7-9-13/h5-11H,1-4H3. The van der Waals surface area contributed by atoms with E-state index in [2.05, 4.69) is 32.8 Å². The molecular formula is C15H19BN2O2. The molecule has 0 spiro atoms. The van der Waals surface area contributed by atoms with E-state index in [0.29, 0.717) is 0 Å². The zero-order valence-corrected chi connectivity index (χ0v) is 12.3. The fourth-order valence-corrected chi connectivity index (χ4v) is 2.16. The third kappa shape index (κ3) is 2.17. The molecule has 1 fully saturated rings. The summed E-state index contributed by atoms with van der Waals surface area (Å²) in [6.45, 7) is 8.20. The molecule has 1 aliphatic rings. The fraction of sp³-hybridized carbons (Fsp3) is 0.400. The van der Waals surface area contributed by atoms with E-state index < -0.39 is 0 Å². The van der Waals surface area contributed by atoms with Crippen LogP contribution in [0.5, 0.6) is 0 Å². The third-order valence-electron chi connectivity index (χ3n) is 4.15. The van der Waals surface area contributed by atoms with Crippen LogP contribution in [0.3, 0.4) is 0 Å². The van der Waals surface area contributed by atoms with E-state index in [-0.39, 0.29) is 18.3 Å². The maximum Gasteiger partial charge on any atom is 0.498 e. The van der Waals surface area contributed by atoms with Crippen LogP contribution >= 0.6 is 0 Å². The van der Waals surface area contributed by atoms with Crippen LogP contribution in [-0.4, -0.2) is 28.1 Å². The second kappa shape index (κ2) is 4.47. The van der Waals surface area contributed by atoms with Gasteiger partial charge in [0.15, 0.2) is 0 Å². The van der Waals surface area contributed by atoms with Gasteiger partial charge in [0.25, 0.3) is 0 Å². The largest absolute Gasteiger partial charge is 0.498 e. The van der Waals surface area contributed by atoms with Crippen LogP contribution in [0.4, 0.5) is 0 Å². The van der Waals surface area contributed by atoms with Gasteiger partial charge in [0.1, 0.15) is 0 Å². The summed E-state index contributed by atoms with van der Waals surface area (Å²) in [5, 5.41) is 4.38. The first-order chi connectivity index (χ1) is 9.39. The molecule has 0 saturated carbocycles. The van der Waals surface area contributed by atoms with Crippen LogP contribution in [0.2, 0.25) is 0 Å². The van der Waals surface area contributed by atoms with Crippen LogP contribution in [0.1, 0.15) is 27.7 Å². The summed E-state index contributed by atoms with van der Waals surface area (Å²) in [6.07, 6.45) is 3.76. The predicted molar refractivity (Wildman–Crippen MR) is 79.3 cm³/mol. The summed E-state index contributed by atoms with van der Waals surface area (Å²) in [5.41, 5.74) is 1.31. The number of para-hydroxylation sites is 1. The van der Waals surface area contributed by atoms with Crippen molar-refractivity contribution >= 4 is 12.6 Å². The Labute approximate surface area is 119 Å². The Morgan fingerprint density at radius 2 is 1.60 bits per heavy atom. The lowest BCUT2D eigenvalue weighted by atomic mass is 9.82. The van der Waals surface area contributed by atoms with Gasteiger partial charge >= 0.3 is 7.12 Å². The molecule has 1 aliphatic heterocycles. The first-order valence-corrected chi connectivity index (χ1v) is 6.85. The van der Waals surface area contributed by atoms with E-state index >= 15 is 0 Å². The van der Waals surface area contributed by atoms with Gasteiger partial charge in [0.05, 0.1) is 16.9 Å². The van der Waals surface area contributed by atoms with Crippen LogP contribution in [0.25, 0.3) is 5.69 Å². The predicted octanol–water partition coefficient (Wildman–Crippen LogP) is 2.17. The number of benzene rings is 1. The molecule has 1 aromatic heterocycles. The highest BCUT2D eigenvalue weighted by Gasteiger charge is 2.52. The van der Waals surface area contributed by atoms with Crippen LogP contribution in [0.15, 0.2) is 42.7 Å². The molecule has 2 aromatic rings. The van der Waals surface area contributed by atoms with E-state index in [4.69, 9.17) is 9.31 Å². The Morgan fingerprint density at radius 1 is 1.00 bits per heavy atom. The van der Waals surface area contributed by atoms with Gasteiger partial charge in [-0.15, -0.1) is 0 Å². The highest BCUT2D eigenvalue weighted by Crippen LogP contribution is 2.36. The summed E-state index contributed by atoms with van der Waals surface area (Å²) >= 11 is 0. The highest BCUT2D eigenvalue weighted by molar-refractivity contribution is 6.62. The molecule has 0 aliphatic carbocycles. The Bertz CT molecular complexity index is 591. The van der Waals surface area contributed by atoms with Gasteiger partial charge < -0.3 is 9.31 Å². The normalized spacial score (nSPS) is 20.3. The molecule has 0 N–H and O–H groups in total. The topological polar surface area (TPSA) is 36.3 Å². The Kier molecular flexibility index (Phi) is 2.99. The Balaban J connectivity index is 1.86. The molecule has 0 bridgehead atoms. The average molecular weight is 270 g/mol. The van der Waals surface area contributed by atoms with Crippen LogP contribution in [0, 0.1) is 0 Å². The second-order valence-electron chi connectivity index (χ2n) is 6.14. The monoisotopic (exact) mass is 270 g/mol. The average Bonchev–Trinajstić information content (AvgIpc) is 2.94. The van der Waals surface area contributed by atoms with E-state index in [9.17, 15) is 0 Å². The molecule has 0 radical (unpaired) electrons. The van der Waals surface area contributed by atoms with Gasteiger partial charge in [-0.3, -0.25) is 0 Å². The SMILES string of the molecule is CC1(C)OB(c2cnn(-c3ccccc3)c2)OC1(C)C. The summed E-state index contributed by atoms with van der Waals surface area (Å²) in [4.78, 5) is 0. The van der Waals surface area contributed by atoms with Gasteiger partial charge in [-0.1, -0.05) is 18.2 Å². The van der Waals surface area contributed by atoms with Gasteiger partial charge in [0.2, 0.25) is 0 Å². The smallest absolute Gasteiger partial charge is 0.399 e. The zero-order valence-electron chi connectivity index (χ0n) is 12.3. The highest BCUT2D eigenvalue weighted by atomic mass is 16.7. The van der Waals surface area contributed by atoms with Gasteiger partial charge in [-0.05, 0) is 39.8 Å². The molecule has 0 amide bonds. The minimum absolute atomic E-state index is 0.327. The lowest BCUT2D eigenvalue weighted by molar-refractivity contribution is 0.00578. The molecule has 20 heavy (non-hydrogen) atoms. The molecule has 4 nitrogen and oxygen atoms in total. The van der Waals surface area contributed by atoms with Crippen LogP contribution < -0.4 is 5.46 Å². The summed E-state index contributed by atoms with van der Waals surface area (Å²) < 4.78 is 13.9. The minimum Gasteiger partial charge on any atom is -0.399 e. The molecule has 104 valence electrons. The first kappa shape index (κ1) is 13.4. The van der Waals surface area contributed by atoms with Crippen LogP contribution in [-0.2, 0) is 9.31 Å². The lowest BCUT2D eigenvalue weighted by Gasteiger charge is -2.32. The first-order valence-electron chi connectivity index (χ1n) is 6.85. The third-order valence-corrected chi connectivity index (χ3v) is 4.15. The summed E-state index contributed by atoms with van der Waals surface area (Å²) in [7, 11) is -0.363. The molecule has 0 atom stereocenters. The number of aromatic nitrogens is 2. The van der Waals surface area contributed by atoms with Crippen molar-refractivity contribution in [3.8, 4) is 5.69 Å². The summed E-state index contributed by atoms with van der Waals surface area (Å²) in [6, 6.07) is 10.0. The van der Waals surface area contributed by atoms with Gasteiger partial charge in [-0.25, -0.2) is 4.68 Å². The molecule has 1 saturated heterocycles. The molecule has 1 aromatic carbocycles. The van der Waals surface area contributed by atoms with E-state index in [0.717, 1.165) is 11.2 Å². The van der Waals surface area contributed by atoms with Crippen molar-refractivity contribution in [2.75, 3.05) is 0 Å². The van der Waals surface area contributed by atoms with Crippen molar-refractivity contribution in [2.45, 2.75) is 38.9 Å². The molecular weight excluding hydrogens is 251 g/mol. The molecule has 2 heterocycles. The zero-order chi connectivity index (χ0) is 14.4. The van der Waals surface area contributed by atoms with Crippen molar-refractivity contribution in [2.24, 2.45) is 0 Å². The fourth-order valence-electron chi connectivity index (χ4n) is 2.16. The maximum absolute atomic E-state index is 6.02. The number of hydrogen-bond acceptors (Lipinski definition) is 3. The van der Waals surface area contributed by atoms with Crippen molar-refractivity contribution < 1.29 is 9.31 Å². The van der Waals surface area contributed by atoms with Gasteiger partial charge in [0, 0.05) is 17.9 Å². The van der Waals surface area contributed by atoms with Crippen molar-refractivity contribution in [3.63, 3.8) is 0 Å². The lowest BCUT2D eigenvalue weighted by Crippen LogP contribution is -2.41. The minimum atomic E-state index is -0.363. The molecule has 3 rings (SSSR count). The Morgan fingerprint density at radius 3 is 2.20 bits per heavy atom. The van der Waals surface area contributed by atoms with Crippen molar-refractivity contribution in [1.82, 2.24) is 9.78 Å². The van der Waals surface area contributed by atoms with E-state index in [1.54, 1.807) is 6.20 Å². The second-order valence-corrected chi connectivity index (χ2v) is 6.14. The maximum atomic E-state index is 6.02. The van der Waals surface area contributed by atoms with E-state index in [1.165, 1.54) is 0 Å². The quantitative estimate of drug-likeness (QED) is 0.785. The number of rotatable bonds is 2.